The summed E-state index contributed by atoms with van der Waals surface area (Å²) in [6.45, 7) is 3.03. The van der Waals surface area contributed by atoms with Gasteiger partial charge in [-0.05, 0) is 45.3 Å². The molecule has 0 aliphatic carbocycles. The molecule has 1 aromatic rings. The fourth-order valence-corrected chi connectivity index (χ4v) is 1.95. The average molecular weight is 248 g/mol. The van der Waals surface area contributed by atoms with Gasteiger partial charge < -0.3 is 10.6 Å². The lowest BCUT2D eigenvalue weighted by atomic mass is 10.1. The lowest BCUT2D eigenvalue weighted by molar-refractivity contribution is -0.121. The first-order valence-corrected chi connectivity index (χ1v) is 6.70. The smallest absolute Gasteiger partial charge is 0.220 e. The largest absolute Gasteiger partial charge is 0.353 e. The second-order valence-corrected chi connectivity index (χ2v) is 4.72. The topological polar surface area (TPSA) is 41.1 Å². The van der Waals surface area contributed by atoms with E-state index in [-0.39, 0.29) is 11.9 Å². The third-order valence-corrected chi connectivity index (χ3v) is 2.87. The number of nitrogens with one attached hydrogen (secondary N) is 2. The number of carbonyl (C=O) groups excluding carboxylic acids is 1. The van der Waals surface area contributed by atoms with Gasteiger partial charge in [0.25, 0.3) is 0 Å². The highest BCUT2D eigenvalue weighted by Crippen LogP contribution is 2.03. The highest BCUT2D eigenvalue weighted by Gasteiger charge is 2.07. The number of hydrogen-bond acceptors (Lipinski definition) is 2. The Balaban J connectivity index is 2.19. The van der Waals surface area contributed by atoms with Gasteiger partial charge in [0, 0.05) is 12.5 Å². The van der Waals surface area contributed by atoms with Gasteiger partial charge in [-0.15, -0.1) is 0 Å². The molecule has 1 unspecified atom stereocenters. The van der Waals surface area contributed by atoms with E-state index in [1.165, 1.54) is 5.56 Å². The molecular formula is C15H24N2O. The van der Waals surface area contributed by atoms with Crippen LogP contribution in [-0.4, -0.2) is 25.5 Å². The summed E-state index contributed by atoms with van der Waals surface area (Å²) < 4.78 is 0. The zero-order chi connectivity index (χ0) is 13.2. The van der Waals surface area contributed by atoms with Crippen molar-refractivity contribution in [3.63, 3.8) is 0 Å². The van der Waals surface area contributed by atoms with E-state index in [1.54, 1.807) is 0 Å². The lowest BCUT2D eigenvalue weighted by Gasteiger charge is -2.14. The molecule has 100 valence electrons. The van der Waals surface area contributed by atoms with Gasteiger partial charge in [0.2, 0.25) is 5.91 Å². The minimum absolute atomic E-state index is 0.162. The van der Waals surface area contributed by atoms with E-state index in [9.17, 15) is 4.79 Å². The fraction of sp³-hybridized carbons (Fsp3) is 0.533. The fourth-order valence-electron chi connectivity index (χ4n) is 1.95. The Kier molecular flexibility index (Phi) is 7.11. The minimum atomic E-state index is 0.162. The molecule has 1 aromatic carbocycles. The van der Waals surface area contributed by atoms with Crippen LogP contribution in [0.3, 0.4) is 0 Å². The Morgan fingerprint density at radius 1 is 1.22 bits per heavy atom. The van der Waals surface area contributed by atoms with Gasteiger partial charge in [0.05, 0.1) is 0 Å². The molecule has 0 aliphatic heterocycles. The Morgan fingerprint density at radius 3 is 2.61 bits per heavy atom. The van der Waals surface area contributed by atoms with E-state index in [1.807, 2.05) is 25.2 Å². The summed E-state index contributed by atoms with van der Waals surface area (Å²) >= 11 is 0. The van der Waals surface area contributed by atoms with Gasteiger partial charge in [-0.1, -0.05) is 30.3 Å². The number of amides is 1. The third-order valence-electron chi connectivity index (χ3n) is 2.87. The SMILES string of the molecule is CNCCCCC(=O)NC(C)Cc1ccccc1. The molecule has 2 N–H and O–H groups in total. The number of benzene rings is 1. The zero-order valence-corrected chi connectivity index (χ0v) is 11.4. The first-order valence-electron chi connectivity index (χ1n) is 6.70. The Hall–Kier alpha value is -1.35. The first kappa shape index (κ1) is 14.7. The van der Waals surface area contributed by atoms with Crippen molar-refractivity contribution in [3.8, 4) is 0 Å². The predicted molar refractivity (Wildman–Crippen MR) is 75.5 cm³/mol. The van der Waals surface area contributed by atoms with E-state index in [2.05, 4.69) is 29.7 Å². The summed E-state index contributed by atoms with van der Waals surface area (Å²) in [5.74, 6) is 0.162. The summed E-state index contributed by atoms with van der Waals surface area (Å²) in [7, 11) is 1.93. The van der Waals surface area contributed by atoms with Crippen LogP contribution < -0.4 is 10.6 Å². The first-order chi connectivity index (χ1) is 8.72. The molecule has 0 bridgehead atoms. The monoisotopic (exact) mass is 248 g/mol. The van der Waals surface area contributed by atoms with E-state index in [0.717, 1.165) is 25.8 Å². The molecule has 0 spiro atoms. The molecule has 1 rings (SSSR count). The summed E-state index contributed by atoms with van der Waals surface area (Å²) in [6.07, 6.45) is 3.52. The summed E-state index contributed by atoms with van der Waals surface area (Å²) in [4.78, 5) is 11.7. The Bertz CT molecular complexity index is 338. The number of rotatable bonds is 8. The van der Waals surface area contributed by atoms with Crippen molar-refractivity contribution in [1.82, 2.24) is 10.6 Å². The second kappa shape index (κ2) is 8.70. The normalized spacial score (nSPS) is 12.1. The molecule has 0 saturated heterocycles. The van der Waals surface area contributed by atoms with Crippen LogP contribution in [0.1, 0.15) is 31.7 Å². The van der Waals surface area contributed by atoms with Crippen molar-refractivity contribution in [1.29, 1.82) is 0 Å². The van der Waals surface area contributed by atoms with Gasteiger partial charge in [0.1, 0.15) is 0 Å². The van der Waals surface area contributed by atoms with Crippen molar-refractivity contribution >= 4 is 5.91 Å². The highest BCUT2D eigenvalue weighted by molar-refractivity contribution is 5.76. The second-order valence-electron chi connectivity index (χ2n) is 4.72. The Labute approximate surface area is 110 Å². The van der Waals surface area contributed by atoms with Gasteiger partial charge in [0.15, 0.2) is 0 Å². The van der Waals surface area contributed by atoms with Crippen LogP contribution in [0, 0.1) is 0 Å². The molecule has 18 heavy (non-hydrogen) atoms. The van der Waals surface area contributed by atoms with E-state index in [4.69, 9.17) is 0 Å². The van der Waals surface area contributed by atoms with Crippen molar-refractivity contribution < 1.29 is 4.79 Å². The van der Waals surface area contributed by atoms with Gasteiger partial charge >= 0.3 is 0 Å². The van der Waals surface area contributed by atoms with Crippen molar-refractivity contribution in [2.45, 2.75) is 38.6 Å². The van der Waals surface area contributed by atoms with Gasteiger partial charge in [-0.25, -0.2) is 0 Å². The van der Waals surface area contributed by atoms with E-state index in [0.29, 0.717) is 6.42 Å². The molecule has 0 aromatic heterocycles. The lowest BCUT2D eigenvalue weighted by Crippen LogP contribution is -2.33. The molecule has 0 heterocycles. The van der Waals surface area contributed by atoms with Crippen LogP contribution >= 0.6 is 0 Å². The molecule has 3 heteroatoms. The van der Waals surface area contributed by atoms with Crippen LogP contribution in [0.25, 0.3) is 0 Å². The average Bonchev–Trinajstić information content (AvgIpc) is 2.35. The van der Waals surface area contributed by atoms with Crippen LogP contribution in [-0.2, 0) is 11.2 Å². The maximum absolute atomic E-state index is 11.7. The molecular weight excluding hydrogens is 224 g/mol. The summed E-state index contributed by atoms with van der Waals surface area (Å²) in [6, 6.07) is 10.5. The Morgan fingerprint density at radius 2 is 1.94 bits per heavy atom. The third kappa shape index (κ3) is 6.40. The van der Waals surface area contributed by atoms with Crippen molar-refractivity contribution in [2.75, 3.05) is 13.6 Å². The summed E-state index contributed by atoms with van der Waals surface area (Å²) in [5.41, 5.74) is 1.26. The molecule has 3 nitrogen and oxygen atoms in total. The highest BCUT2D eigenvalue weighted by atomic mass is 16.1. The maximum atomic E-state index is 11.7. The molecule has 0 saturated carbocycles. The zero-order valence-electron chi connectivity index (χ0n) is 11.4. The molecule has 1 amide bonds. The van der Waals surface area contributed by atoms with Gasteiger partial charge in [-0.3, -0.25) is 4.79 Å². The van der Waals surface area contributed by atoms with Crippen LogP contribution in [0.2, 0.25) is 0 Å². The summed E-state index contributed by atoms with van der Waals surface area (Å²) in [5, 5.41) is 6.13. The number of hydrogen-bond donors (Lipinski definition) is 2. The van der Waals surface area contributed by atoms with Crippen LogP contribution in [0.4, 0.5) is 0 Å². The van der Waals surface area contributed by atoms with E-state index < -0.39 is 0 Å². The van der Waals surface area contributed by atoms with Crippen LogP contribution in [0.5, 0.6) is 0 Å². The number of unbranched alkanes of at least 4 members (excludes halogenated alkanes) is 1. The molecule has 0 aliphatic rings. The predicted octanol–water partition coefficient (Wildman–Crippen LogP) is 2.12. The quantitative estimate of drug-likeness (QED) is 0.692. The maximum Gasteiger partial charge on any atom is 0.220 e. The molecule has 0 fully saturated rings. The standard InChI is InChI=1S/C15H24N2O/c1-13(12-14-8-4-3-5-9-14)17-15(18)10-6-7-11-16-2/h3-5,8-9,13,16H,6-7,10-12H2,1-2H3,(H,17,18). The van der Waals surface area contributed by atoms with Crippen molar-refractivity contribution in [3.05, 3.63) is 35.9 Å². The van der Waals surface area contributed by atoms with E-state index >= 15 is 0 Å². The molecule has 0 radical (unpaired) electrons. The number of carbonyl (C=O) groups is 1. The van der Waals surface area contributed by atoms with Crippen LogP contribution in [0.15, 0.2) is 30.3 Å². The van der Waals surface area contributed by atoms with Crippen molar-refractivity contribution in [2.24, 2.45) is 0 Å². The molecule has 1 atom stereocenters. The minimum Gasteiger partial charge on any atom is -0.353 e. The van der Waals surface area contributed by atoms with Gasteiger partial charge in [-0.2, -0.15) is 0 Å².